The Bertz CT molecular complexity index is 1380. The van der Waals surface area contributed by atoms with Crippen LogP contribution in [-0.2, 0) is 14.8 Å². The summed E-state index contributed by atoms with van der Waals surface area (Å²) >= 11 is 8.26. The van der Waals surface area contributed by atoms with E-state index in [1.165, 1.54) is 21.7 Å². The van der Waals surface area contributed by atoms with Crippen LogP contribution in [0, 0.1) is 0 Å². The van der Waals surface area contributed by atoms with Crippen molar-refractivity contribution in [2.75, 3.05) is 11.9 Å². The predicted octanol–water partition coefficient (Wildman–Crippen LogP) is 3.75. The Morgan fingerprint density at radius 3 is 2.93 bits per heavy atom. The largest absolute Gasteiger partial charge is 0.301 e. The van der Waals surface area contributed by atoms with Gasteiger partial charge in [0.15, 0.2) is 5.13 Å². The number of anilines is 1. The van der Waals surface area contributed by atoms with Crippen molar-refractivity contribution in [3.63, 3.8) is 0 Å². The Hall–Kier alpha value is -2.18. The van der Waals surface area contributed by atoms with Gasteiger partial charge in [-0.1, -0.05) is 29.0 Å². The highest BCUT2D eigenvalue weighted by molar-refractivity contribution is 7.89. The summed E-state index contributed by atoms with van der Waals surface area (Å²) in [5.41, 5.74) is 1.57. The lowest BCUT2D eigenvalue weighted by Crippen LogP contribution is -2.43. The van der Waals surface area contributed by atoms with E-state index in [0.29, 0.717) is 34.0 Å². The van der Waals surface area contributed by atoms with Crippen molar-refractivity contribution in [1.29, 1.82) is 0 Å². The monoisotopic (exact) mass is 479 g/mol. The van der Waals surface area contributed by atoms with Gasteiger partial charge in [0.25, 0.3) is 0 Å². The maximum absolute atomic E-state index is 13.3. The van der Waals surface area contributed by atoms with Crippen LogP contribution >= 0.6 is 34.7 Å². The standard InChI is InChI=1S/C18H14ClN5O3S3/c19-10-6-7-11-14(9-10)28-18(20-11)21-17(25)13-4-2-8-24(13)30(26,27)15-5-1-3-12-16(15)23-29-22-12/h1,3,5-7,9,13H,2,4,8H2,(H,20,21,25). The Labute approximate surface area is 184 Å². The molecule has 1 unspecified atom stereocenters. The third-order valence-electron chi connectivity index (χ3n) is 4.92. The summed E-state index contributed by atoms with van der Waals surface area (Å²) in [6.07, 6.45) is 1.03. The molecule has 12 heteroatoms. The summed E-state index contributed by atoms with van der Waals surface area (Å²) in [5.74, 6) is -0.398. The van der Waals surface area contributed by atoms with E-state index < -0.39 is 22.0 Å². The fourth-order valence-corrected chi connectivity index (χ4v) is 7.10. The van der Waals surface area contributed by atoms with Crippen molar-refractivity contribution in [1.82, 2.24) is 18.0 Å². The van der Waals surface area contributed by atoms with Gasteiger partial charge >= 0.3 is 0 Å². The van der Waals surface area contributed by atoms with E-state index in [4.69, 9.17) is 11.6 Å². The van der Waals surface area contributed by atoms with Crippen molar-refractivity contribution in [2.45, 2.75) is 23.8 Å². The molecule has 8 nitrogen and oxygen atoms in total. The van der Waals surface area contributed by atoms with Gasteiger partial charge in [0.05, 0.1) is 21.9 Å². The van der Waals surface area contributed by atoms with E-state index >= 15 is 0 Å². The van der Waals surface area contributed by atoms with Gasteiger partial charge in [0.2, 0.25) is 15.9 Å². The van der Waals surface area contributed by atoms with Crippen LogP contribution in [0.4, 0.5) is 5.13 Å². The normalized spacial score (nSPS) is 17.7. The van der Waals surface area contributed by atoms with Gasteiger partial charge in [-0.25, -0.2) is 13.4 Å². The molecular weight excluding hydrogens is 466 g/mol. The molecule has 5 rings (SSSR count). The first-order chi connectivity index (χ1) is 14.4. The number of rotatable bonds is 4. The second kappa shape index (κ2) is 7.50. The minimum atomic E-state index is -3.91. The number of carbonyl (C=O) groups excluding carboxylic acids is 1. The van der Waals surface area contributed by atoms with E-state index in [-0.39, 0.29) is 11.4 Å². The molecule has 3 heterocycles. The second-order valence-corrected chi connectivity index (χ2v) is 10.6. The number of benzene rings is 2. The van der Waals surface area contributed by atoms with Gasteiger partial charge in [0.1, 0.15) is 22.0 Å². The molecule has 154 valence electrons. The van der Waals surface area contributed by atoms with Gasteiger partial charge in [-0.2, -0.15) is 13.1 Å². The Morgan fingerprint density at radius 2 is 2.07 bits per heavy atom. The van der Waals surface area contributed by atoms with E-state index in [0.717, 1.165) is 21.9 Å². The number of thiazole rings is 1. The van der Waals surface area contributed by atoms with E-state index in [9.17, 15) is 13.2 Å². The number of nitrogens with zero attached hydrogens (tertiary/aromatic N) is 4. The molecule has 1 saturated heterocycles. The van der Waals surface area contributed by atoms with Crippen LogP contribution in [0.2, 0.25) is 5.02 Å². The highest BCUT2D eigenvalue weighted by Crippen LogP contribution is 2.32. The zero-order valence-corrected chi connectivity index (χ0v) is 18.5. The van der Waals surface area contributed by atoms with Crippen LogP contribution in [0.5, 0.6) is 0 Å². The van der Waals surface area contributed by atoms with Crippen LogP contribution in [0.15, 0.2) is 41.3 Å². The van der Waals surface area contributed by atoms with Gasteiger partial charge in [0, 0.05) is 11.6 Å². The molecule has 1 amide bonds. The summed E-state index contributed by atoms with van der Waals surface area (Å²) in [6, 6.07) is 9.32. The van der Waals surface area contributed by atoms with Crippen molar-refractivity contribution < 1.29 is 13.2 Å². The number of fused-ring (bicyclic) bond motifs is 2. The highest BCUT2D eigenvalue weighted by Gasteiger charge is 2.40. The number of carbonyl (C=O) groups is 1. The van der Waals surface area contributed by atoms with E-state index in [2.05, 4.69) is 19.0 Å². The number of hydrogen-bond donors (Lipinski definition) is 1. The second-order valence-electron chi connectivity index (χ2n) is 6.78. The number of amides is 1. The van der Waals surface area contributed by atoms with Crippen LogP contribution in [0.25, 0.3) is 21.3 Å². The maximum atomic E-state index is 13.3. The molecule has 0 radical (unpaired) electrons. The third kappa shape index (κ3) is 3.36. The van der Waals surface area contributed by atoms with E-state index in [1.54, 1.807) is 30.3 Å². The van der Waals surface area contributed by atoms with Crippen LogP contribution in [0.3, 0.4) is 0 Å². The first-order valence-electron chi connectivity index (χ1n) is 9.03. The van der Waals surface area contributed by atoms with Crippen LogP contribution in [-0.4, -0.2) is 44.9 Å². The lowest BCUT2D eigenvalue weighted by Gasteiger charge is -2.23. The number of sulfonamides is 1. The van der Waals surface area contributed by atoms with Crippen molar-refractivity contribution in [2.24, 2.45) is 0 Å². The molecule has 30 heavy (non-hydrogen) atoms. The first-order valence-corrected chi connectivity index (χ1v) is 12.4. The predicted molar refractivity (Wildman–Crippen MR) is 118 cm³/mol. The lowest BCUT2D eigenvalue weighted by molar-refractivity contribution is -0.119. The molecule has 0 bridgehead atoms. The molecule has 1 fully saturated rings. The molecule has 0 aliphatic carbocycles. The molecular formula is C18H14ClN5O3S3. The fraction of sp³-hybridized carbons (Fsp3) is 0.222. The maximum Gasteiger partial charge on any atom is 0.246 e. The van der Waals surface area contributed by atoms with Crippen LogP contribution < -0.4 is 5.32 Å². The van der Waals surface area contributed by atoms with Gasteiger partial charge in [-0.05, 0) is 43.2 Å². The zero-order valence-electron chi connectivity index (χ0n) is 15.3. The SMILES string of the molecule is O=C(Nc1nc2ccc(Cl)cc2s1)C1CCCN1S(=O)(=O)c1cccc2nsnc12. The fourth-order valence-electron chi connectivity index (χ4n) is 3.55. The number of nitrogens with one attached hydrogen (secondary N) is 1. The van der Waals surface area contributed by atoms with Gasteiger partial charge in [-0.3, -0.25) is 4.79 Å². The third-order valence-corrected chi connectivity index (χ3v) is 8.57. The summed E-state index contributed by atoms with van der Waals surface area (Å²) in [7, 11) is -3.91. The van der Waals surface area contributed by atoms with Crippen molar-refractivity contribution in [3.8, 4) is 0 Å². The highest BCUT2D eigenvalue weighted by atomic mass is 35.5. The molecule has 0 saturated carbocycles. The molecule has 2 aromatic carbocycles. The summed E-state index contributed by atoms with van der Waals surface area (Å²) in [5, 5.41) is 3.77. The van der Waals surface area contributed by atoms with E-state index in [1.807, 2.05) is 0 Å². The minimum absolute atomic E-state index is 0.0723. The van der Waals surface area contributed by atoms with Gasteiger partial charge < -0.3 is 5.32 Å². The molecule has 1 atom stereocenters. The summed E-state index contributed by atoms with van der Waals surface area (Å²) < 4.78 is 37.0. The lowest BCUT2D eigenvalue weighted by atomic mass is 10.2. The molecule has 2 aromatic heterocycles. The Morgan fingerprint density at radius 1 is 1.20 bits per heavy atom. The minimum Gasteiger partial charge on any atom is -0.301 e. The summed E-state index contributed by atoms with van der Waals surface area (Å²) in [4.78, 5) is 17.4. The average Bonchev–Trinajstić information content (AvgIpc) is 3.45. The van der Waals surface area contributed by atoms with Crippen LogP contribution in [0.1, 0.15) is 12.8 Å². The molecule has 0 spiro atoms. The van der Waals surface area contributed by atoms with Crippen molar-refractivity contribution >= 4 is 77.0 Å². The Kier molecular flexibility index (Phi) is 4.94. The number of halogens is 1. The zero-order chi connectivity index (χ0) is 20.9. The molecule has 4 aromatic rings. The molecule has 1 N–H and O–H groups in total. The molecule has 1 aliphatic rings. The number of aromatic nitrogens is 3. The smallest absolute Gasteiger partial charge is 0.246 e. The van der Waals surface area contributed by atoms with Gasteiger partial charge in [-0.15, -0.1) is 0 Å². The number of hydrogen-bond acceptors (Lipinski definition) is 8. The topological polar surface area (TPSA) is 105 Å². The quantitative estimate of drug-likeness (QED) is 0.478. The van der Waals surface area contributed by atoms with Crippen molar-refractivity contribution in [3.05, 3.63) is 41.4 Å². The summed E-state index contributed by atoms with van der Waals surface area (Å²) in [6.45, 7) is 0.268. The first kappa shape index (κ1) is 19.8. The Balaban J connectivity index is 1.43. The average molecular weight is 480 g/mol. The molecule has 1 aliphatic heterocycles.